The molecule has 2 aliphatic heterocycles. The van der Waals surface area contributed by atoms with Crippen LogP contribution < -0.4 is 5.73 Å². The van der Waals surface area contributed by atoms with Crippen molar-refractivity contribution in [2.75, 3.05) is 23.8 Å². The van der Waals surface area contributed by atoms with Gasteiger partial charge in [0.1, 0.15) is 18.5 Å². The van der Waals surface area contributed by atoms with Gasteiger partial charge in [0.15, 0.2) is 0 Å². The summed E-state index contributed by atoms with van der Waals surface area (Å²) in [7, 11) is 0. The Morgan fingerprint density at radius 1 is 1.57 bits per heavy atom. The van der Waals surface area contributed by atoms with E-state index in [4.69, 9.17) is 15.2 Å². The summed E-state index contributed by atoms with van der Waals surface area (Å²) in [6.07, 6.45) is 5.35. The molecule has 0 saturated carbocycles. The van der Waals surface area contributed by atoms with Crippen molar-refractivity contribution in [2.45, 2.75) is 43.9 Å². The number of hydrogen-bond acceptors (Lipinski definition) is 6. The molecule has 3 rings (SSSR count). The van der Waals surface area contributed by atoms with Crippen molar-refractivity contribution < 1.29 is 14.3 Å². The van der Waals surface area contributed by atoms with Crippen molar-refractivity contribution in [3.8, 4) is 0 Å². The molecule has 1 aromatic rings. The predicted molar refractivity (Wildman–Crippen MR) is 81.0 cm³/mol. The van der Waals surface area contributed by atoms with Gasteiger partial charge in [-0.3, -0.25) is 9.48 Å². The molecule has 7 heteroatoms. The minimum Gasteiger partial charge on any atom is -0.461 e. The van der Waals surface area contributed by atoms with Crippen molar-refractivity contribution in [1.29, 1.82) is 0 Å². The minimum absolute atomic E-state index is 0.0396. The summed E-state index contributed by atoms with van der Waals surface area (Å²) in [5.74, 6) is 2.42. The highest BCUT2D eigenvalue weighted by atomic mass is 32.2. The van der Waals surface area contributed by atoms with Gasteiger partial charge in [0, 0.05) is 19.0 Å². The number of anilines is 1. The summed E-state index contributed by atoms with van der Waals surface area (Å²) < 4.78 is 13.1. The zero-order valence-electron chi connectivity index (χ0n) is 12.0. The Labute approximate surface area is 128 Å². The molecule has 3 heterocycles. The molecule has 0 aromatic carbocycles. The topological polar surface area (TPSA) is 79.4 Å². The molecule has 2 fully saturated rings. The van der Waals surface area contributed by atoms with Crippen molar-refractivity contribution in [3.63, 3.8) is 0 Å². The smallest absolute Gasteiger partial charge is 0.328 e. The molecule has 0 amide bonds. The average molecular weight is 311 g/mol. The van der Waals surface area contributed by atoms with Crippen LogP contribution in [0, 0.1) is 0 Å². The summed E-state index contributed by atoms with van der Waals surface area (Å²) in [6.45, 7) is 0.786. The SMILES string of the molecule is Nc1ccn(CC(=O)OC2CCOC3(CCSCC3)C2)n1. The lowest BCUT2D eigenvalue weighted by Crippen LogP contribution is -2.45. The van der Waals surface area contributed by atoms with Crippen molar-refractivity contribution in [1.82, 2.24) is 9.78 Å². The highest BCUT2D eigenvalue weighted by Crippen LogP contribution is 2.38. The first kappa shape index (κ1) is 14.7. The van der Waals surface area contributed by atoms with Crippen molar-refractivity contribution >= 4 is 23.5 Å². The first-order chi connectivity index (χ1) is 10.2. The van der Waals surface area contributed by atoms with Crippen molar-refractivity contribution in [2.24, 2.45) is 0 Å². The number of hydrogen-bond donors (Lipinski definition) is 1. The fraction of sp³-hybridized carbons (Fsp3) is 0.714. The van der Waals surface area contributed by atoms with E-state index >= 15 is 0 Å². The number of carbonyl (C=O) groups is 1. The first-order valence-electron chi connectivity index (χ1n) is 7.35. The minimum atomic E-state index is -0.259. The standard InChI is InChI=1S/C14H21N3O3S/c15-12-1-5-17(16-12)10-13(18)20-11-2-6-19-14(9-11)3-7-21-8-4-14/h1,5,11H,2-4,6-10H2,(H2,15,16). The van der Waals surface area contributed by atoms with E-state index in [9.17, 15) is 4.79 Å². The van der Waals surface area contributed by atoms with E-state index in [0.29, 0.717) is 12.4 Å². The second kappa shape index (κ2) is 6.27. The molecule has 21 heavy (non-hydrogen) atoms. The number of ether oxygens (including phenoxy) is 2. The molecule has 1 spiro atoms. The second-order valence-corrected chi connectivity index (χ2v) is 6.91. The molecule has 116 valence electrons. The highest BCUT2D eigenvalue weighted by molar-refractivity contribution is 7.99. The van der Waals surface area contributed by atoms with E-state index in [0.717, 1.165) is 37.2 Å². The Kier molecular flexibility index (Phi) is 4.40. The van der Waals surface area contributed by atoms with Crippen molar-refractivity contribution in [3.05, 3.63) is 12.3 Å². The van der Waals surface area contributed by atoms with Gasteiger partial charge in [-0.15, -0.1) is 0 Å². The van der Waals surface area contributed by atoms with Crippen LogP contribution in [-0.4, -0.2) is 45.6 Å². The summed E-state index contributed by atoms with van der Waals surface area (Å²) in [6, 6.07) is 1.66. The lowest BCUT2D eigenvalue weighted by molar-refractivity contribution is -0.167. The average Bonchev–Trinajstić information content (AvgIpc) is 2.85. The van der Waals surface area contributed by atoms with Crippen LogP contribution in [0.15, 0.2) is 12.3 Å². The van der Waals surface area contributed by atoms with Crippen LogP contribution in [-0.2, 0) is 20.8 Å². The third-order valence-corrected chi connectivity index (χ3v) is 5.09. The van der Waals surface area contributed by atoms with Gasteiger partial charge < -0.3 is 15.2 Å². The maximum atomic E-state index is 12.0. The van der Waals surface area contributed by atoms with Gasteiger partial charge in [-0.2, -0.15) is 16.9 Å². The van der Waals surface area contributed by atoms with E-state index in [1.165, 1.54) is 4.68 Å². The van der Waals surface area contributed by atoms with Crippen LogP contribution in [0.3, 0.4) is 0 Å². The fourth-order valence-corrected chi connectivity index (χ4v) is 4.23. The summed E-state index contributed by atoms with van der Waals surface area (Å²) in [5, 5.41) is 3.99. The molecule has 1 aromatic heterocycles. The number of nitrogen functional groups attached to an aromatic ring is 1. The molecule has 1 unspecified atom stereocenters. The molecule has 0 bridgehead atoms. The summed E-state index contributed by atoms with van der Waals surface area (Å²) in [4.78, 5) is 12.0. The van der Waals surface area contributed by atoms with Crippen LogP contribution in [0.4, 0.5) is 5.82 Å². The van der Waals surface area contributed by atoms with Crippen LogP contribution >= 0.6 is 11.8 Å². The lowest BCUT2D eigenvalue weighted by Gasteiger charge is -2.42. The van der Waals surface area contributed by atoms with Crippen LogP contribution in [0.2, 0.25) is 0 Å². The molecule has 6 nitrogen and oxygen atoms in total. The zero-order valence-corrected chi connectivity index (χ0v) is 12.8. The maximum absolute atomic E-state index is 12.0. The van der Waals surface area contributed by atoms with Crippen LogP contribution in [0.25, 0.3) is 0 Å². The fourth-order valence-electron chi connectivity index (χ4n) is 3.00. The Balaban J connectivity index is 1.53. The highest BCUT2D eigenvalue weighted by Gasteiger charge is 2.40. The molecule has 2 saturated heterocycles. The van der Waals surface area contributed by atoms with E-state index in [-0.39, 0.29) is 24.2 Å². The van der Waals surface area contributed by atoms with Gasteiger partial charge in [0.25, 0.3) is 0 Å². The second-order valence-electron chi connectivity index (χ2n) is 5.69. The molecule has 0 aliphatic carbocycles. The number of nitrogens with zero attached hydrogens (tertiary/aromatic N) is 2. The van der Waals surface area contributed by atoms with E-state index in [2.05, 4.69) is 5.10 Å². The molecule has 2 N–H and O–H groups in total. The van der Waals surface area contributed by atoms with Gasteiger partial charge in [-0.1, -0.05) is 0 Å². The Morgan fingerprint density at radius 3 is 3.10 bits per heavy atom. The number of thioether (sulfide) groups is 1. The van der Waals surface area contributed by atoms with Gasteiger partial charge in [0.2, 0.25) is 0 Å². The molecule has 2 aliphatic rings. The van der Waals surface area contributed by atoms with E-state index in [1.807, 2.05) is 11.8 Å². The van der Waals surface area contributed by atoms with Crippen LogP contribution in [0.5, 0.6) is 0 Å². The molecular formula is C14H21N3O3S. The predicted octanol–water partition coefficient (Wildman–Crippen LogP) is 1.45. The molecule has 0 radical (unpaired) electrons. The monoisotopic (exact) mass is 311 g/mol. The van der Waals surface area contributed by atoms with E-state index < -0.39 is 0 Å². The quantitative estimate of drug-likeness (QED) is 0.851. The summed E-state index contributed by atoms with van der Waals surface area (Å²) in [5.41, 5.74) is 5.46. The van der Waals surface area contributed by atoms with Crippen LogP contribution in [0.1, 0.15) is 25.7 Å². The third kappa shape index (κ3) is 3.71. The van der Waals surface area contributed by atoms with E-state index in [1.54, 1.807) is 12.3 Å². The largest absolute Gasteiger partial charge is 0.461 e. The lowest BCUT2D eigenvalue weighted by atomic mass is 9.86. The Morgan fingerprint density at radius 2 is 2.38 bits per heavy atom. The number of rotatable bonds is 3. The third-order valence-electron chi connectivity index (χ3n) is 4.10. The number of carbonyl (C=O) groups excluding carboxylic acids is 1. The van der Waals surface area contributed by atoms with Gasteiger partial charge in [-0.25, -0.2) is 0 Å². The molecule has 1 atom stereocenters. The normalized spacial score (nSPS) is 24.9. The zero-order chi connectivity index (χ0) is 14.7. The molecular weight excluding hydrogens is 290 g/mol. The first-order valence-corrected chi connectivity index (χ1v) is 8.51. The number of aromatic nitrogens is 2. The Hall–Kier alpha value is -1.21. The van der Waals surface area contributed by atoms with Gasteiger partial charge in [-0.05, 0) is 30.4 Å². The van der Waals surface area contributed by atoms with Gasteiger partial charge >= 0.3 is 5.97 Å². The number of esters is 1. The van der Waals surface area contributed by atoms with Gasteiger partial charge in [0.05, 0.1) is 12.2 Å². The maximum Gasteiger partial charge on any atom is 0.328 e. The Bertz CT molecular complexity index is 494. The summed E-state index contributed by atoms with van der Waals surface area (Å²) >= 11 is 1.97. The number of nitrogens with two attached hydrogens (primary N) is 1.